The first kappa shape index (κ1) is 20.9. The van der Waals surface area contributed by atoms with E-state index in [0.717, 1.165) is 11.5 Å². The number of H-pyrrole nitrogens is 1. The molecule has 0 radical (unpaired) electrons. The number of esters is 1. The predicted molar refractivity (Wildman–Crippen MR) is 105 cm³/mol. The van der Waals surface area contributed by atoms with Gasteiger partial charge in [0, 0.05) is 42.3 Å². The first-order valence-corrected chi connectivity index (χ1v) is 9.98. The van der Waals surface area contributed by atoms with E-state index in [1.807, 2.05) is 4.90 Å². The lowest BCUT2D eigenvalue weighted by atomic mass is 10.1. The number of amides is 1. The molecule has 0 spiro atoms. The third kappa shape index (κ3) is 5.15. The van der Waals surface area contributed by atoms with Crippen molar-refractivity contribution in [2.24, 2.45) is 0 Å². The van der Waals surface area contributed by atoms with Gasteiger partial charge in [-0.05, 0) is 20.3 Å². The van der Waals surface area contributed by atoms with E-state index in [2.05, 4.69) is 24.9 Å². The molecule has 2 aromatic rings. The van der Waals surface area contributed by atoms with Gasteiger partial charge in [0.15, 0.2) is 5.00 Å². The standard InChI is InChI=1S/C17H22N6O5S/c1-3-28-16(26)13-15(29-22-21-13)19-12(24)5-4-11-10(2)18-17(20-14(11)25)23-6-8-27-9-7-23/h3-9H2,1-2H3,(H,19,24)(H,18,20,25). The van der Waals surface area contributed by atoms with E-state index in [0.29, 0.717) is 43.5 Å². The number of anilines is 2. The van der Waals surface area contributed by atoms with E-state index >= 15 is 0 Å². The van der Waals surface area contributed by atoms with Gasteiger partial charge >= 0.3 is 5.97 Å². The van der Waals surface area contributed by atoms with Crippen molar-refractivity contribution in [1.29, 1.82) is 0 Å². The van der Waals surface area contributed by atoms with Gasteiger partial charge < -0.3 is 19.7 Å². The summed E-state index contributed by atoms with van der Waals surface area (Å²) in [5.74, 6) is -0.497. The van der Waals surface area contributed by atoms with Crippen LogP contribution in [0.5, 0.6) is 0 Å². The van der Waals surface area contributed by atoms with Gasteiger partial charge in [-0.1, -0.05) is 4.49 Å². The van der Waals surface area contributed by atoms with E-state index < -0.39 is 5.97 Å². The zero-order valence-electron chi connectivity index (χ0n) is 16.2. The summed E-state index contributed by atoms with van der Waals surface area (Å²) in [4.78, 5) is 45.8. The summed E-state index contributed by atoms with van der Waals surface area (Å²) in [6.45, 7) is 6.12. The number of nitrogens with one attached hydrogen (secondary N) is 2. The number of ether oxygens (including phenoxy) is 2. The minimum absolute atomic E-state index is 0.0317. The quantitative estimate of drug-likeness (QED) is 0.611. The molecule has 3 rings (SSSR count). The maximum atomic E-state index is 12.5. The van der Waals surface area contributed by atoms with Gasteiger partial charge in [0.05, 0.1) is 19.8 Å². The molecule has 156 valence electrons. The van der Waals surface area contributed by atoms with Gasteiger partial charge in [-0.3, -0.25) is 14.6 Å². The number of aromatic nitrogens is 4. The Bertz CT molecular complexity index is 937. The summed E-state index contributed by atoms with van der Waals surface area (Å²) < 4.78 is 13.9. The lowest BCUT2D eigenvalue weighted by Gasteiger charge is -2.27. The van der Waals surface area contributed by atoms with Gasteiger partial charge in [0.1, 0.15) is 0 Å². The van der Waals surface area contributed by atoms with Crippen LogP contribution in [0.4, 0.5) is 10.9 Å². The highest BCUT2D eigenvalue weighted by Gasteiger charge is 2.20. The maximum absolute atomic E-state index is 12.5. The van der Waals surface area contributed by atoms with Crippen LogP contribution in [0.25, 0.3) is 0 Å². The average Bonchev–Trinajstić information content (AvgIpc) is 3.16. The van der Waals surface area contributed by atoms with Crippen LogP contribution in [0.3, 0.4) is 0 Å². The second-order valence-electron chi connectivity index (χ2n) is 6.27. The van der Waals surface area contributed by atoms with Gasteiger partial charge in [-0.25, -0.2) is 9.78 Å². The van der Waals surface area contributed by atoms with Crippen LogP contribution in [0.15, 0.2) is 4.79 Å². The molecule has 1 aliphatic heterocycles. The molecule has 12 heteroatoms. The minimum atomic E-state index is -0.647. The molecule has 1 aliphatic rings. The van der Waals surface area contributed by atoms with E-state index in [1.54, 1.807) is 13.8 Å². The molecule has 0 bridgehead atoms. The topological polar surface area (TPSA) is 139 Å². The lowest BCUT2D eigenvalue weighted by Crippen LogP contribution is -2.38. The second kappa shape index (κ2) is 9.56. The lowest BCUT2D eigenvalue weighted by molar-refractivity contribution is -0.116. The number of carbonyl (C=O) groups excluding carboxylic acids is 2. The number of morpholine rings is 1. The molecular weight excluding hydrogens is 400 g/mol. The van der Waals surface area contributed by atoms with Gasteiger partial charge in [-0.15, -0.1) is 5.10 Å². The molecular formula is C17H22N6O5S. The number of hydrogen-bond donors (Lipinski definition) is 2. The SMILES string of the molecule is CCOC(=O)c1nnsc1NC(=O)CCc1c(C)nc(N2CCOCC2)[nH]c1=O. The minimum Gasteiger partial charge on any atom is -0.461 e. The van der Waals surface area contributed by atoms with Crippen LogP contribution in [0.1, 0.15) is 35.1 Å². The zero-order chi connectivity index (χ0) is 20.8. The Labute approximate surface area is 170 Å². The van der Waals surface area contributed by atoms with Crippen molar-refractivity contribution < 1.29 is 19.1 Å². The number of hydrogen-bond acceptors (Lipinski definition) is 10. The molecule has 3 heterocycles. The number of carbonyl (C=O) groups is 2. The van der Waals surface area contributed by atoms with E-state index in [1.165, 1.54) is 0 Å². The molecule has 0 aromatic carbocycles. The summed E-state index contributed by atoms with van der Waals surface area (Å²) in [5.41, 5.74) is 0.731. The fraction of sp³-hybridized carbons (Fsp3) is 0.529. The molecule has 0 atom stereocenters. The Morgan fingerprint density at radius 1 is 1.34 bits per heavy atom. The Morgan fingerprint density at radius 2 is 2.10 bits per heavy atom. The number of nitrogens with zero attached hydrogens (tertiary/aromatic N) is 4. The van der Waals surface area contributed by atoms with Crippen LogP contribution in [0, 0.1) is 6.92 Å². The number of aryl methyl sites for hydroxylation is 1. The van der Waals surface area contributed by atoms with Crippen molar-refractivity contribution in [3.05, 3.63) is 27.3 Å². The molecule has 2 aromatic heterocycles. The Kier molecular flexibility index (Phi) is 6.88. The highest BCUT2D eigenvalue weighted by Crippen LogP contribution is 2.19. The van der Waals surface area contributed by atoms with Crippen molar-refractivity contribution in [1.82, 2.24) is 19.6 Å². The molecule has 0 unspecified atom stereocenters. The normalized spacial score (nSPS) is 13.9. The van der Waals surface area contributed by atoms with Crippen molar-refractivity contribution in [3.8, 4) is 0 Å². The van der Waals surface area contributed by atoms with Crippen LogP contribution in [-0.4, -0.2) is 64.3 Å². The third-order valence-corrected chi connectivity index (χ3v) is 4.97. The molecule has 1 amide bonds. The van der Waals surface area contributed by atoms with Crippen molar-refractivity contribution in [2.75, 3.05) is 43.1 Å². The molecule has 1 saturated heterocycles. The molecule has 11 nitrogen and oxygen atoms in total. The van der Waals surface area contributed by atoms with E-state index in [-0.39, 0.29) is 41.6 Å². The Hall–Kier alpha value is -2.86. The maximum Gasteiger partial charge on any atom is 0.362 e. The second-order valence-corrected chi connectivity index (χ2v) is 7.03. The largest absolute Gasteiger partial charge is 0.461 e. The number of rotatable bonds is 7. The summed E-state index contributed by atoms with van der Waals surface area (Å²) >= 11 is 0.888. The molecule has 2 N–H and O–H groups in total. The molecule has 0 saturated carbocycles. The fourth-order valence-corrected chi connectivity index (χ4v) is 3.42. The Morgan fingerprint density at radius 3 is 2.79 bits per heavy atom. The smallest absolute Gasteiger partial charge is 0.362 e. The Balaban J connectivity index is 1.63. The highest BCUT2D eigenvalue weighted by molar-refractivity contribution is 7.10. The molecule has 1 fully saturated rings. The summed E-state index contributed by atoms with van der Waals surface area (Å²) in [6.07, 6.45) is 0.257. The first-order chi connectivity index (χ1) is 14.0. The summed E-state index contributed by atoms with van der Waals surface area (Å²) in [6, 6.07) is 0. The van der Waals surface area contributed by atoms with Crippen molar-refractivity contribution in [3.63, 3.8) is 0 Å². The van der Waals surface area contributed by atoms with Crippen LogP contribution >= 0.6 is 11.5 Å². The zero-order valence-corrected chi connectivity index (χ0v) is 17.0. The first-order valence-electron chi connectivity index (χ1n) is 9.21. The van der Waals surface area contributed by atoms with Crippen molar-refractivity contribution in [2.45, 2.75) is 26.7 Å². The van der Waals surface area contributed by atoms with Crippen molar-refractivity contribution >= 4 is 34.4 Å². The van der Waals surface area contributed by atoms with Crippen LogP contribution < -0.4 is 15.8 Å². The fourth-order valence-electron chi connectivity index (χ4n) is 2.85. The third-order valence-electron chi connectivity index (χ3n) is 4.33. The summed E-state index contributed by atoms with van der Waals surface area (Å²) in [7, 11) is 0. The van der Waals surface area contributed by atoms with Gasteiger partial charge in [0.25, 0.3) is 5.56 Å². The van der Waals surface area contributed by atoms with Crippen LogP contribution in [-0.2, 0) is 20.7 Å². The van der Waals surface area contributed by atoms with E-state index in [9.17, 15) is 14.4 Å². The highest BCUT2D eigenvalue weighted by atomic mass is 32.1. The van der Waals surface area contributed by atoms with Gasteiger partial charge in [-0.2, -0.15) is 0 Å². The van der Waals surface area contributed by atoms with Crippen LogP contribution in [0.2, 0.25) is 0 Å². The summed E-state index contributed by atoms with van der Waals surface area (Å²) in [5, 5.41) is 6.51. The predicted octanol–water partition coefficient (Wildman–Crippen LogP) is 0.514. The molecule has 29 heavy (non-hydrogen) atoms. The average molecular weight is 422 g/mol. The number of aromatic amines is 1. The van der Waals surface area contributed by atoms with Gasteiger partial charge in [0.2, 0.25) is 17.5 Å². The molecule has 0 aliphatic carbocycles. The van der Waals surface area contributed by atoms with E-state index in [4.69, 9.17) is 9.47 Å². The monoisotopic (exact) mass is 422 g/mol.